The lowest BCUT2D eigenvalue weighted by Gasteiger charge is -2.14. The van der Waals surface area contributed by atoms with E-state index in [4.69, 9.17) is 9.47 Å². The number of hydrogen-bond acceptors (Lipinski definition) is 6. The number of ether oxygens (including phenoxy) is 2. The van der Waals surface area contributed by atoms with Crippen molar-refractivity contribution < 1.29 is 17.9 Å². The monoisotopic (exact) mass is 349 g/mol. The van der Waals surface area contributed by atoms with Gasteiger partial charge in [0.1, 0.15) is 22.2 Å². The average molecular weight is 349 g/mol. The Morgan fingerprint density at radius 2 is 2.12 bits per heavy atom. The highest BCUT2D eigenvalue weighted by Gasteiger charge is 2.26. The van der Waals surface area contributed by atoms with Crippen LogP contribution in [0.1, 0.15) is 11.5 Å². The molecule has 1 atom stereocenters. The first kappa shape index (κ1) is 16.5. The fourth-order valence-electron chi connectivity index (χ4n) is 2.69. The number of methoxy groups -OCH3 is 2. The Hall–Kier alpha value is -2.32. The first-order valence-corrected chi connectivity index (χ1v) is 8.94. The lowest BCUT2D eigenvalue weighted by molar-refractivity contribution is 0.392. The molecule has 0 fully saturated rings. The lowest BCUT2D eigenvalue weighted by atomic mass is 10.0. The van der Waals surface area contributed by atoms with E-state index >= 15 is 0 Å². The van der Waals surface area contributed by atoms with Gasteiger partial charge in [-0.1, -0.05) is 6.07 Å². The number of nitrogens with zero attached hydrogens (tertiary/aromatic N) is 1. The summed E-state index contributed by atoms with van der Waals surface area (Å²) in [5.41, 5.74) is 1.01. The number of anilines is 1. The zero-order chi connectivity index (χ0) is 17.2. The zero-order valence-electron chi connectivity index (χ0n) is 13.4. The number of fused-ring (bicyclic) bond motifs is 1. The largest absolute Gasteiger partial charge is 0.497 e. The van der Waals surface area contributed by atoms with Crippen LogP contribution in [0.4, 0.5) is 5.82 Å². The third-order valence-electron chi connectivity index (χ3n) is 3.97. The van der Waals surface area contributed by atoms with E-state index in [0.29, 0.717) is 12.3 Å². The smallest absolute Gasteiger partial charge is 0.244 e. The van der Waals surface area contributed by atoms with E-state index < -0.39 is 10.0 Å². The molecule has 0 radical (unpaired) electrons. The molecule has 1 aliphatic rings. The van der Waals surface area contributed by atoms with Crippen LogP contribution in [0.25, 0.3) is 0 Å². The minimum absolute atomic E-state index is 0.0278. The Bertz CT molecular complexity index is 839. The van der Waals surface area contributed by atoms with E-state index in [9.17, 15) is 8.42 Å². The SMILES string of the molecule is COc1ccc(OC)c(S(=O)(=O)NCC2CNc3ncccc32)c1. The van der Waals surface area contributed by atoms with Crippen molar-refractivity contribution in [1.82, 2.24) is 9.71 Å². The van der Waals surface area contributed by atoms with Gasteiger partial charge in [0.05, 0.1) is 14.2 Å². The molecule has 3 rings (SSSR count). The summed E-state index contributed by atoms with van der Waals surface area (Å²) in [6, 6.07) is 8.47. The van der Waals surface area contributed by atoms with Crippen molar-refractivity contribution in [3.8, 4) is 11.5 Å². The van der Waals surface area contributed by atoms with E-state index in [1.54, 1.807) is 18.3 Å². The molecular formula is C16H19N3O4S. The third-order valence-corrected chi connectivity index (χ3v) is 5.42. The molecule has 1 aromatic heterocycles. The molecule has 0 bridgehead atoms. The second-order valence-electron chi connectivity index (χ2n) is 5.39. The van der Waals surface area contributed by atoms with Crippen LogP contribution in [-0.2, 0) is 10.0 Å². The molecule has 1 aromatic carbocycles. The minimum atomic E-state index is -3.73. The van der Waals surface area contributed by atoms with Crippen molar-refractivity contribution in [3.63, 3.8) is 0 Å². The molecule has 2 aromatic rings. The third kappa shape index (κ3) is 3.15. The quantitative estimate of drug-likeness (QED) is 0.823. The number of sulfonamides is 1. The number of rotatable bonds is 6. The normalized spacial score (nSPS) is 16.3. The van der Waals surface area contributed by atoms with Crippen LogP contribution in [0.5, 0.6) is 11.5 Å². The molecule has 7 nitrogen and oxygen atoms in total. The highest BCUT2D eigenvalue weighted by Crippen LogP contribution is 2.30. The lowest BCUT2D eigenvalue weighted by Crippen LogP contribution is -2.29. The van der Waals surface area contributed by atoms with Gasteiger partial charge >= 0.3 is 0 Å². The summed E-state index contributed by atoms with van der Waals surface area (Å²) in [7, 11) is -0.809. The van der Waals surface area contributed by atoms with Gasteiger partial charge in [0.2, 0.25) is 10.0 Å². The van der Waals surface area contributed by atoms with Crippen molar-refractivity contribution in [2.24, 2.45) is 0 Å². The van der Waals surface area contributed by atoms with Crippen molar-refractivity contribution >= 4 is 15.8 Å². The molecule has 0 spiro atoms. The summed E-state index contributed by atoms with van der Waals surface area (Å²) >= 11 is 0. The van der Waals surface area contributed by atoms with Crippen molar-refractivity contribution in [2.75, 3.05) is 32.6 Å². The standard InChI is InChI=1S/C16H19N3O4S/c1-22-12-5-6-14(23-2)15(8-12)24(20,21)19-10-11-9-18-16-13(11)4-3-7-17-16/h3-8,11,19H,9-10H2,1-2H3,(H,17,18). The van der Waals surface area contributed by atoms with E-state index in [2.05, 4.69) is 15.0 Å². The van der Waals surface area contributed by atoms with Gasteiger partial charge in [-0.05, 0) is 18.2 Å². The molecular weight excluding hydrogens is 330 g/mol. The molecule has 128 valence electrons. The van der Waals surface area contributed by atoms with Crippen LogP contribution in [0, 0.1) is 0 Å². The summed E-state index contributed by atoms with van der Waals surface area (Å²) in [5.74, 6) is 1.56. The van der Waals surface area contributed by atoms with Gasteiger partial charge in [-0.2, -0.15) is 0 Å². The number of hydrogen-bond donors (Lipinski definition) is 2. The van der Waals surface area contributed by atoms with Gasteiger partial charge in [-0.15, -0.1) is 0 Å². The van der Waals surface area contributed by atoms with Crippen LogP contribution in [0.2, 0.25) is 0 Å². The topological polar surface area (TPSA) is 89.5 Å². The first-order valence-electron chi connectivity index (χ1n) is 7.45. The predicted molar refractivity (Wildman–Crippen MR) is 90.2 cm³/mol. The van der Waals surface area contributed by atoms with Crippen LogP contribution >= 0.6 is 0 Å². The Kier molecular flexibility index (Phi) is 4.59. The Labute approximate surface area is 141 Å². The Morgan fingerprint density at radius 1 is 1.29 bits per heavy atom. The van der Waals surface area contributed by atoms with Crippen LogP contribution in [0.15, 0.2) is 41.4 Å². The number of pyridine rings is 1. The predicted octanol–water partition coefficient (Wildman–Crippen LogP) is 1.59. The molecule has 1 aliphatic heterocycles. The van der Waals surface area contributed by atoms with Gasteiger partial charge in [0.15, 0.2) is 0 Å². The summed E-state index contributed by atoms with van der Waals surface area (Å²) in [6.45, 7) is 0.915. The van der Waals surface area contributed by atoms with Crippen molar-refractivity contribution in [3.05, 3.63) is 42.1 Å². The number of nitrogens with one attached hydrogen (secondary N) is 2. The summed E-state index contributed by atoms with van der Waals surface area (Å²) in [6.07, 6.45) is 1.71. The second-order valence-corrected chi connectivity index (χ2v) is 7.12. The molecule has 24 heavy (non-hydrogen) atoms. The summed E-state index contributed by atoms with van der Waals surface area (Å²) < 4.78 is 38.3. The minimum Gasteiger partial charge on any atom is -0.497 e. The molecule has 8 heteroatoms. The highest BCUT2D eigenvalue weighted by molar-refractivity contribution is 7.89. The average Bonchev–Trinajstić information content (AvgIpc) is 3.02. The molecule has 1 unspecified atom stereocenters. The van der Waals surface area contributed by atoms with Crippen molar-refractivity contribution in [1.29, 1.82) is 0 Å². The first-order chi connectivity index (χ1) is 11.5. The Morgan fingerprint density at radius 3 is 2.88 bits per heavy atom. The number of aromatic nitrogens is 1. The molecule has 0 aliphatic carbocycles. The zero-order valence-corrected chi connectivity index (χ0v) is 14.3. The van der Waals surface area contributed by atoms with Crippen molar-refractivity contribution in [2.45, 2.75) is 10.8 Å². The summed E-state index contributed by atoms with van der Waals surface area (Å²) in [5, 5.41) is 3.18. The van der Waals surface area contributed by atoms with Gasteiger partial charge in [-0.25, -0.2) is 18.1 Å². The van der Waals surface area contributed by atoms with Crippen LogP contribution in [-0.4, -0.2) is 40.7 Å². The van der Waals surface area contributed by atoms with Crippen LogP contribution < -0.4 is 19.5 Å². The highest BCUT2D eigenvalue weighted by atomic mass is 32.2. The van der Waals surface area contributed by atoms with Gasteiger partial charge in [-0.3, -0.25) is 0 Å². The van der Waals surface area contributed by atoms with E-state index in [0.717, 1.165) is 11.4 Å². The number of benzene rings is 1. The maximum atomic E-state index is 12.7. The molecule has 0 saturated carbocycles. The maximum absolute atomic E-state index is 12.7. The maximum Gasteiger partial charge on any atom is 0.244 e. The van der Waals surface area contributed by atoms with Gasteiger partial charge < -0.3 is 14.8 Å². The fourth-order valence-corrected chi connectivity index (χ4v) is 3.95. The van der Waals surface area contributed by atoms with E-state index in [1.165, 1.54) is 20.3 Å². The molecule has 2 heterocycles. The summed E-state index contributed by atoms with van der Waals surface area (Å²) in [4.78, 5) is 4.29. The van der Waals surface area contributed by atoms with Gasteiger partial charge in [0.25, 0.3) is 0 Å². The molecule has 0 amide bonds. The molecule has 0 saturated heterocycles. The van der Waals surface area contributed by atoms with Gasteiger partial charge in [0, 0.05) is 36.8 Å². The fraction of sp³-hybridized carbons (Fsp3) is 0.312. The Balaban J connectivity index is 1.80. The van der Waals surface area contributed by atoms with Crippen LogP contribution in [0.3, 0.4) is 0 Å². The second kappa shape index (κ2) is 6.66. The van der Waals surface area contributed by atoms with E-state index in [-0.39, 0.29) is 23.1 Å². The molecule has 2 N–H and O–H groups in total. The van der Waals surface area contributed by atoms with E-state index in [1.807, 2.05) is 12.1 Å².